The van der Waals surface area contributed by atoms with Crippen molar-refractivity contribution in [1.82, 2.24) is 0 Å². The second kappa shape index (κ2) is 5.71. The topological polar surface area (TPSA) is 46.5 Å². The molecule has 0 saturated heterocycles. The van der Waals surface area contributed by atoms with Gasteiger partial charge in [-0.3, -0.25) is 4.79 Å². The molecule has 0 unspecified atom stereocenters. The third-order valence-corrected chi connectivity index (χ3v) is 3.26. The van der Waals surface area contributed by atoms with Gasteiger partial charge in [0, 0.05) is 6.42 Å². The van der Waals surface area contributed by atoms with Gasteiger partial charge in [-0.1, -0.05) is 18.6 Å². The quantitative estimate of drug-likeness (QED) is 0.823. The largest absolute Gasteiger partial charge is 0.493 e. The van der Waals surface area contributed by atoms with Crippen LogP contribution in [-0.4, -0.2) is 17.7 Å². The van der Waals surface area contributed by atoms with Gasteiger partial charge >= 0.3 is 5.97 Å². The van der Waals surface area contributed by atoms with Crippen LogP contribution in [0.1, 0.15) is 31.2 Å². The van der Waals surface area contributed by atoms with Gasteiger partial charge in [0.05, 0.1) is 6.61 Å². The van der Waals surface area contributed by atoms with Gasteiger partial charge in [0.25, 0.3) is 0 Å². The lowest BCUT2D eigenvalue weighted by molar-refractivity contribution is -0.136. The van der Waals surface area contributed by atoms with Gasteiger partial charge < -0.3 is 9.84 Å². The first kappa shape index (κ1) is 12.0. The summed E-state index contributed by atoms with van der Waals surface area (Å²) in [5.41, 5.74) is 1.04. The Morgan fingerprint density at radius 2 is 2.00 bits per heavy atom. The van der Waals surface area contributed by atoms with E-state index in [1.165, 1.54) is 19.3 Å². The average Bonchev–Trinajstić information content (AvgIpc) is 2.26. The molecule has 1 aliphatic rings. The summed E-state index contributed by atoms with van der Waals surface area (Å²) < 4.78 is 5.67. The average molecular weight is 234 g/mol. The Balaban J connectivity index is 1.77. The lowest BCUT2D eigenvalue weighted by atomic mass is 9.86. The molecule has 1 fully saturated rings. The molecule has 2 rings (SSSR count). The van der Waals surface area contributed by atoms with E-state index >= 15 is 0 Å². The van der Waals surface area contributed by atoms with E-state index in [9.17, 15) is 4.79 Å². The molecule has 1 N–H and O–H groups in total. The molecule has 3 heteroatoms. The van der Waals surface area contributed by atoms with E-state index in [2.05, 4.69) is 0 Å². The number of aliphatic carboxylic acids is 1. The van der Waals surface area contributed by atoms with Gasteiger partial charge in [-0.2, -0.15) is 0 Å². The minimum absolute atomic E-state index is 0.183. The van der Waals surface area contributed by atoms with Crippen molar-refractivity contribution in [3.63, 3.8) is 0 Å². The van der Waals surface area contributed by atoms with Gasteiger partial charge in [0.15, 0.2) is 0 Å². The summed E-state index contributed by atoms with van der Waals surface area (Å²) in [4.78, 5) is 10.4. The molecule has 0 atom stereocenters. The van der Waals surface area contributed by atoms with Gasteiger partial charge in [-0.15, -0.1) is 0 Å². The number of carboxylic acids is 1. The van der Waals surface area contributed by atoms with Crippen LogP contribution in [0.25, 0.3) is 0 Å². The van der Waals surface area contributed by atoms with Crippen molar-refractivity contribution in [1.29, 1.82) is 0 Å². The molecule has 3 nitrogen and oxygen atoms in total. The van der Waals surface area contributed by atoms with Crippen molar-refractivity contribution < 1.29 is 14.6 Å². The minimum atomic E-state index is -0.754. The molecule has 0 aromatic heterocycles. The smallest absolute Gasteiger partial charge is 0.303 e. The highest BCUT2D eigenvalue weighted by atomic mass is 16.5. The van der Waals surface area contributed by atoms with E-state index in [1.54, 1.807) is 0 Å². The summed E-state index contributed by atoms with van der Waals surface area (Å²) in [6, 6.07) is 7.74. The molecule has 0 spiro atoms. The predicted octanol–water partition coefficient (Wildman–Crippen LogP) is 2.88. The summed E-state index contributed by atoms with van der Waals surface area (Å²) in [6.07, 6.45) is 4.68. The second-order valence-corrected chi connectivity index (χ2v) is 4.65. The maximum atomic E-state index is 10.4. The van der Waals surface area contributed by atoms with Gasteiger partial charge in [-0.05, 0) is 42.9 Å². The van der Waals surface area contributed by atoms with Crippen molar-refractivity contribution in [2.45, 2.75) is 32.1 Å². The normalized spacial score (nSPS) is 15.3. The van der Waals surface area contributed by atoms with Crippen LogP contribution in [0.3, 0.4) is 0 Å². The number of aryl methyl sites for hydroxylation is 1. The molecule has 1 aliphatic carbocycles. The number of benzene rings is 1. The van der Waals surface area contributed by atoms with Gasteiger partial charge in [0.2, 0.25) is 0 Å². The Kier molecular flexibility index (Phi) is 4.02. The van der Waals surface area contributed by atoms with E-state index in [4.69, 9.17) is 9.84 Å². The van der Waals surface area contributed by atoms with Gasteiger partial charge in [0.1, 0.15) is 5.75 Å². The number of carboxylic acid groups (broad SMARTS) is 1. The fourth-order valence-corrected chi connectivity index (χ4v) is 1.88. The number of ether oxygens (including phenoxy) is 1. The molecule has 1 aromatic rings. The highest BCUT2D eigenvalue weighted by Crippen LogP contribution is 2.27. The van der Waals surface area contributed by atoms with Crippen LogP contribution in [0.15, 0.2) is 24.3 Å². The lowest BCUT2D eigenvalue weighted by Crippen LogP contribution is -2.19. The first-order chi connectivity index (χ1) is 8.24. The number of carbonyl (C=O) groups is 1. The summed E-state index contributed by atoms with van der Waals surface area (Å²) in [5.74, 6) is 0.868. The van der Waals surface area contributed by atoms with Crippen LogP contribution in [0.2, 0.25) is 0 Å². The molecule has 0 aliphatic heterocycles. The van der Waals surface area contributed by atoms with Crippen molar-refractivity contribution in [2.24, 2.45) is 5.92 Å². The zero-order valence-corrected chi connectivity index (χ0v) is 9.89. The summed E-state index contributed by atoms with van der Waals surface area (Å²) in [5, 5.41) is 8.58. The second-order valence-electron chi connectivity index (χ2n) is 4.65. The van der Waals surface area contributed by atoms with Crippen molar-refractivity contribution >= 4 is 5.97 Å². The van der Waals surface area contributed by atoms with E-state index < -0.39 is 5.97 Å². The predicted molar refractivity (Wildman–Crippen MR) is 65.2 cm³/mol. The minimum Gasteiger partial charge on any atom is -0.493 e. The fraction of sp³-hybridized carbons (Fsp3) is 0.500. The summed E-state index contributed by atoms with van der Waals surface area (Å²) in [7, 11) is 0. The zero-order chi connectivity index (χ0) is 12.1. The van der Waals surface area contributed by atoms with Crippen LogP contribution in [0.5, 0.6) is 5.75 Å². The number of hydrogen-bond acceptors (Lipinski definition) is 2. The Bertz CT molecular complexity index is 366. The third kappa shape index (κ3) is 3.77. The SMILES string of the molecule is O=C(O)CCc1ccc(OCC2CCC2)cc1. The maximum absolute atomic E-state index is 10.4. The fourth-order valence-electron chi connectivity index (χ4n) is 1.88. The molecule has 17 heavy (non-hydrogen) atoms. The molecule has 0 heterocycles. The Morgan fingerprint density at radius 1 is 1.29 bits per heavy atom. The van der Waals surface area contributed by atoms with Crippen LogP contribution in [0.4, 0.5) is 0 Å². The molecule has 1 aromatic carbocycles. The molecule has 1 saturated carbocycles. The summed E-state index contributed by atoms with van der Waals surface area (Å²) >= 11 is 0. The molecule has 92 valence electrons. The van der Waals surface area contributed by atoms with Crippen LogP contribution >= 0.6 is 0 Å². The molecular formula is C14H18O3. The molecule has 0 amide bonds. The van der Waals surface area contributed by atoms with Crippen LogP contribution in [-0.2, 0) is 11.2 Å². The van der Waals surface area contributed by atoms with Crippen molar-refractivity contribution in [3.8, 4) is 5.75 Å². The van der Waals surface area contributed by atoms with Gasteiger partial charge in [-0.25, -0.2) is 0 Å². The Hall–Kier alpha value is -1.51. The summed E-state index contributed by atoms with van der Waals surface area (Å²) in [6.45, 7) is 0.814. The molecular weight excluding hydrogens is 216 g/mol. The zero-order valence-electron chi connectivity index (χ0n) is 9.89. The highest BCUT2D eigenvalue weighted by Gasteiger charge is 2.17. The first-order valence-corrected chi connectivity index (χ1v) is 6.17. The van der Waals surface area contributed by atoms with E-state index in [-0.39, 0.29) is 6.42 Å². The van der Waals surface area contributed by atoms with E-state index in [0.29, 0.717) is 6.42 Å². The number of hydrogen-bond donors (Lipinski definition) is 1. The molecule has 0 bridgehead atoms. The lowest BCUT2D eigenvalue weighted by Gasteiger charge is -2.25. The first-order valence-electron chi connectivity index (χ1n) is 6.17. The monoisotopic (exact) mass is 234 g/mol. The van der Waals surface area contributed by atoms with E-state index in [1.807, 2.05) is 24.3 Å². The number of rotatable bonds is 6. The Morgan fingerprint density at radius 3 is 2.53 bits per heavy atom. The van der Waals surface area contributed by atoms with Crippen LogP contribution in [0, 0.1) is 5.92 Å². The Labute approximate surface area is 101 Å². The van der Waals surface area contributed by atoms with Crippen molar-refractivity contribution in [3.05, 3.63) is 29.8 Å². The standard InChI is InChI=1S/C14H18O3/c15-14(16)9-6-11-4-7-13(8-5-11)17-10-12-2-1-3-12/h4-5,7-8,12H,1-3,6,9-10H2,(H,15,16). The van der Waals surface area contributed by atoms with Crippen LogP contribution < -0.4 is 4.74 Å². The third-order valence-electron chi connectivity index (χ3n) is 3.26. The van der Waals surface area contributed by atoms with Crippen molar-refractivity contribution in [2.75, 3.05) is 6.61 Å². The maximum Gasteiger partial charge on any atom is 0.303 e. The molecule has 0 radical (unpaired) electrons. The highest BCUT2D eigenvalue weighted by molar-refractivity contribution is 5.67. The van der Waals surface area contributed by atoms with E-state index in [0.717, 1.165) is 23.8 Å².